The maximum Gasteiger partial charge on any atom is 0.260 e. The summed E-state index contributed by atoms with van der Waals surface area (Å²) in [7, 11) is 0. The Morgan fingerprint density at radius 1 is 0.963 bits per heavy atom. The zero-order valence-corrected chi connectivity index (χ0v) is 16.1. The van der Waals surface area contributed by atoms with Crippen LogP contribution in [0, 0.1) is 5.82 Å². The SMILES string of the molecule is O=C(COc1ccc(F)c(Cl)c1)N1CCN(CC(=O)N2CCCCC2)CC1. The van der Waals surface area contributed by atoms with Crippen molar-refractivity contribution in [1.29, 1.82) is 0 Å². The largest absolute Gasteiger partial charge is 0.484 e. The number of rotatable bonds is 5. The summed E-state index contributed by atoms with van der Waals surface area (Å²) in [5.74, 6) is -0.102. The summed E-state index contributed by atoms with van der Waals surface area (Å²) in [6.45, 7) is 4.52. The van der Waals surface area contributed by atoms with Crippen LogP contribution < -0.4 is 4.74 Å². The second-order valence-corrected chi connectivity index (χ2v) is 7.37. The highest BCUT2D eigenvalue weighted by Gasteiger charge is 2.25. The van der Waals surface area contributed by atoms with Crippen molar-refractivity contribution >= 4 is 23.4 Å². The summed E-state index contributed by atoms with van der Waals surface area (Å²) in [5.41, 5.74) is 0. The lowest BCUT2D eigenvalue weighted by atomic mass is 10.1. The van der Waals surface area contributed by atoms with E-state index in [1.165, 1.54) is 24.6 Å². The van der Waals surface area contributed by atoms with Gasteiger partial charge in [0.05, 0.1) is 11.6 Å². The van der Waals surface area contributed by atoms with E-state index in [-0.39, 0.29) is 23.4 Å². The number of carbonyl (C=O) groups is 2. The fourth-order valence-electron chi connectivity index (χ4n) is 3.39. The summed E-state index contributed by atoms with van der Waals surface area (Å²) in [6.07, 6.45) is 3.39. The summed E-state index contributed by atoms with van der Waals surface area (Å²) < 4.78 is 18.6. The molecule has 2 aliphatic heterocycles. The number of piperidine rings is 1. The van der Waals surface area contributed by atoms with E-state index in [2.05, 4.69) is 4.90 Å². The van der Waals surface area contributed by atoms with Gasteiger partial charge in [0.1, 0.15) is 11.6 Å². The Bertz CT molecular complexity index is 674. The highest BCUT2D eigenvalue weighted by atomic mass is 35.5. The van der Waals surface area contributed by atoms with Crippen LogP contribution in [-0.2, 0) is 9.59 Å². The highest BCUT2D eigenvalue weighted by molar-refractivity contribution is 6.30. The van der Waals surface area contributed by atoms with E-state index in [0.29, 0.717) is 38.5 Å². The Labute approximate surface area is 163 Å². The maximum atomic E-state index is 13.1. The molecule has 0 aliphatic carbocycles. The third-order valence-electron chi connectivity index (χ3n) is 5.05. The van der Waals surface area contributed by atoms with Crippen molar-refractivity contribution in [3.05, 3.63) is 29.0 Å². The van der Waals surface area contributed by atoms with Gasteiger partial charge in [-0.2, -0.15) is 0 Å². The quantitative estimate of drug-likeness (QED) is 0.762. The molecule has 2 amide bonds. The normalized spacial score (nSPS) is 18.4. The number of carbonyl (C=O) groups excluding carboxylic acids is 2. The topological polar surface area (TPSA) is 53.1 Å². The number of benzene rings is 1. The molecule has 0 saturated carbocycles. The first-order chi connectivity index (χ1) is 13.0. The molecule has 148 valence electrons. The highest BCUT2D eigenvalue weighted by Crippen LogP contribution is 2.21. The standard InChI is InChI=1S/C19H25ClFN3O3/c20-16-12-15(4-5-17(16)21)27-14-19(26)24-10-8-22(9-11-24)13-18(25)23-6-2-1-3-7-23/h4-5,12H,1-3,6-11,13-14H2. The predicted octanol–water partition coefficient (Wildman–Crippen LogP) is 2.01. The molecule has 0 spiro atoms. The monoisotopic (exact) mass is 397 g/mol. The van der Waals surface area contributed by atoms with Crippen molar-refractivity contribution in [3.63, 3.8) is 0 Å². The van der Waals surface area contributed by atoms with Crippen molar-refractivity contribution in [3.8, 4) is 5.75 Å². The molecule has 2 fully saturated rings. The first kappa shape index (κ1) is 19.9. The molecule has 2 aliphatic rings. The molecule has 0 atom stereocenters. The molecule has 0 unspecified atom stereocenters. The average Bonchev–Trinajstić information content (AvgIpc) is 2.70. The second kappa shape index (κ2) is 9.37. The molecule has 1 aromatic rings. The van der Waals surface area contributed by atoms with E-state index in [1.54, 1.807) is 4.90 Å². The van der Waals surface area contributed by atoms with Gasteiger partial charge in [0.15, 0.2) is 6.61 Å². The van der Waals surface area contributed by atoms with Crippen LogP contribution in [0.25, 0.3) is 0 Å². The molecule has 1 aromatic carbocycles. The average molecular weight is 398 g/mol. The van der Waals surface area contributed by atoms with Gasteiger partial charge in [-0.25, -0.2) is 4.39 Å². The van der Waals surface area contributed by atoms with Gasteiger partial charge in [0, 0.05) is 45.3 Å². The third kappa shape index (κ3) is 5.56. The Morgan fingerprint density at radius 2 is 1.63 bits per heavy atom. The minimum Gasteiger partial charge on any atom is -0.484 e. The van der Waals surface area contributed by atoms with Gasteiger partial charge in [-0.15, -0.1) is 0 Å². The van der Waals surface area contributed by atoms with Crippen LogP contribution >= 0.6 is 11.6 Å². The van der Waals surface area contributed by atoms with Crippen molar-refractivity contribution in [2.24, 2.45) is 0 Å². The number of likely N-dealkylation sites (tertiary alicyclic amines) is 1. The number of halogens is 2. The van der Waals surface area contributed by atoms with E-state index in [4.69, 9.17) is 16.3 Å². The second-order valence-electron chi connectivity index (χ2n) is 6.96. The maximum absolute atomic E-state index is 13.1. The Morgan fingerprint density at radius 3 is 2.30 bits per heavy atom. The van der Waals surface area contributed by atoms with Crippen molar-refractivity contribution in [2.45, 2.75) is 19.3 Å². The Balaban J connectivity index is 1.39. The summed E-state index contributed by atoms with van der Waals surface area (Å²) in [4.78, 5) is 30.4. The smallest absolute Gasteiger partial charge is 0.260 e. The van der Waals surface area contributed by atoms with Crippen LogP contribution in [0.5, 0.6) is 5.75 Å². The van der Waals surface area contributed by atoms with Gasteiger partial charge in [0.25, 0.3) is 5.91 Å². The number of hydrogen-bond donors (Lipinski definition) is 0. The zero-order valence-electron chi connectivity index (χ0n) is 15.3. The van der Waals surface area contributed by atoms with E-state index < -0.39 is 5.82 Å². The zero-order chi connectivity index (χ0) is 19.2. The molecular weight excluding hydrogens is 373 g/mol. The van der Waals surface area contributed by atoms with E-state index in [9.17, 15) is 14.0 Å². The van der Waals surface area contributed by atoms with Gasteiger partial charge in [-0.3, -0.25) is 14.5 Å². The predicted molar refractivity (Wildman–Crippen MR) is 100 cm³/mol. The van der Waals surface area contributed by atoms with Gasteiger partial charge < -0.3 is 14.5 Å². The molecule has 0 radical (unpaired) electrons. The van der Waals surface area contributed by atoms with Crippen molar-refractivity contribution in [2.75, 3.05) is 52.4 Å². The summed E-state index contributed by atoms with van der Waals surface area (Å²) in [5, 5.41) is -0.0352. The van der Waals surface area contributed by atoms with Crippen LogP contribution in [-0.4, -0.2) is 78.9 Å². The molecule has 0 bridgehead atoms. The lowest BCUT2D eigenvalue weighted by Crippen LogP contribution is -2.52. The molecule has 0 aromatic heterocycles. The van der Waals surface area contributed by atoms with Gasteiger partial charge in [0.2, 0.25) is 5.91 Å². The van der Waals surface area contributed by atoms with Crippen LogP contribution in [0.4, 0.5) is 4.39 Å². The van der Waals surface area contributed by atoms with Crippen molar-refractivity contribution in [1.82, 2.24) is 14.7 Å². The van der Waals surface area contributed by atoms with E-state index >= 15 is 0 Å². The van der Waals surface area contributed by atoms with E-state index in [1.807, 2.05) is 4.90 Å². The Kier molecular flexibility index (Phi) is 6.90. The Hall–Kier alpha value is -1.86. The number of nitrogens with zero attached hydrogens (tertiary/aromatic N) is 3. The van der Waals surface area contributed by atoms with Gasteiger partial charge >= 0.3 is 0 Å². The summed E-state index contributed by atoms with van der Waals surface area (Å²) >= 11 is 5.70. The number of ether oxygens (including phenoxy) is 1. The molecule has 27 heavy (non-hydrogen) atoms. The van der Waals surface area contributed by atoms with Crippen molar-refractivity contribution < 1.29 is 18.7 Å². The lowest BCUT2D eigenvalue weighted by Gasteiger charge is -2.36. The molecule has 2 heterocycles. The van der Waals surface area contributed by atoms with Gasteiger partial charge in [-0.05, 0) is 31.4 Å². The molecule has 0 N–H and O–H groups in total. The number of amides is 2. The fourth-order valence-corrected chi connectivity index (χ4v) is 3.56. The molecule has 6 nitrogen and oxygen atoms in total. The minimum absolute atomic E-state index is 0.0352. The molecular formula is C19H25ClFN3O3. The minimum atomic E-state index is -0.523. The van der Waals surface area contributed by atoms with Crippen LogP contribution in [0.2, 0.25) is 5.02 Å². The number of piperazine rings is 1. The molecule has 2 saturated heterocycles. The first-order valence-corrected chi connectivity index (χ1v) is 9.76. The van der Waals surface area contributed by atoms with Crippen LogP contribution in [0.3, 0.4) is 0 Å². The third-order valence-corrected chi connectivity index (χ3v) is 5.34. The lowest BCUT2D eigenvalue weighted by molar-refractivity contribution is -0.136. The molecule has 8 heteroatoms. The first-order valence-electron chi connectivity index (χ1n) is 9.38. The van der Waals surface area contributed by atoms with Gasteiger partial charge in [-0.1, -0.05) is 11.6 Å². The van der Waals surface area contributed by atoms with Crippen LogP contribution in [0.15, 0.2) is 18.2 Å². The van der Waals surface area contributed by atoms with E-state index in [0.717, 1.165) is 25.9 Å². The number of hydrogen-bond acceptors (Lipinski definition) is 4. The fraction of sp³-hybridized carbons (Fsp3) is 0.579. The van der Waals surface area contributed by atoms with Crippen LogP contribution in [0.1, 0.15) is 19.3 Å². The molecule has 3 rings (SSSR count). The summed E-state index contributed by atoms with van der Waals surface area (Å²) in [6, 6.07) is 4.01.